The van der Waals surface area contributed by atoms with Crippen molar-refractivity contribution in [2.75, 3.05) is 0 Å². The van der Waals surface area contributed by atoms with Crippen molar-refractivity contribution in [3.8, 4) is 0 Å². The molecule has 0 aliphatic heterocycles. The highest BCUT2D eigenvalue weighted by Crippen LogP contribution is 1.90. The van der Waals surface area contributed by atoms with Gasteiger partial charge in [0.2, 0.25) is 0 Å². The summed E-state index contributed by atoms with van der Waals surface area (Å²) < 4.78 is 0. The lowest BCUT2D eigenvalue weighted by Gasteiger charge is -1.81. The van der Waals surface area contributed by atoms with Crippen molar-refractivity contribution in [3.05, 3.63) is 19.6 Å². The van der Waals surface area contributed by atoms with Gasteiger partial charge in [-0.25, -0.2) is 0 Å². The maximum atomic E-state index is 6.55. The molecule has 0 fully saturated rings. The first-order valence-corrected chi connectivity index (χ1v) is 2.20. The molecule has 33 valence electrons. The van der Waals surface area contributed by atoms with E-state index in [4.69, 9.17) is 6.58 Å². The first-order chi connectivity index (χ1) is 2.91. The van der Waals surface area contributed by atoms with Crippen LogP contribution in [0.25, 0.3) is 0 Å². The summed E-state index contributed by atoms with van der Waals surface area (Å²) in [6.07, 6.45) is 4.33. The lowest BCUT2D eigenvalue weighted by molar-refractivity contribution is 0.867. The topological polar surface area (TPSA) is 0 Å². The Kier molecular flexibility index (Phi) is 4.53. The van der Waals surface area contributed by atoms with E-state index < -0.39 is 0 Å². The molecule has 0 saturated heterocycles. The largest absolute Gasteiger partial charge is 0.0760 e. The number of hydrogen-bond donors (Lipinski definition) is 0. The lowest BCUT2D eigenvalue weighted by atomic mass is 10.3. The van der Waals surface area contributed by atoms with Crippen molar-refractivity contribution in [2.45, 2.75) is 19.3 Å². The van der Waals surface area contributed by atoms with Gasteiger partial charge in [-0.15, -0.1) is 0 Å². The third kappa shape index (κ3) is 3.74. The Labute approximate surface area is 39.9 Å². The van der Waals surface area contributed by atoms with Gasteiger partial charge < -0.3 is 0 Å². The van der Waals surface area contributed by atoms with Crippen LogP contribution in [0.5, 0.6) is 0 Å². The minimum Gasteiger partial charge on any atom is -0.0760 e. The average molecular weight is 81.1 g/mol. The van der Waals surface area contributed by atoms with Crippen LogP contribution in [0.15, 0.2) is 6.08 Å². The number of hydrogen-bond acceptors (Lipinski definition) is 0. The van der Waals surface area contributed by atoms with Gasteiger partial charge in [0, 0.05) is 0 Å². The second kappa shape index (κ2) is 4.74. The molecule has 6 heavy (non-hydrogen) atoms. The van der Waals surface area contributed by atoms with E-state index in [9.17, 15) is 0 Å². The third-order valence-corrected chi connectivity index (χ3v) is 0.598. The highest BCUT2D eigenvalue weighted by atomic mass is 13.8. The Morgan fingerprint density at radius 2 is 2.33 bits per heavy atom. The van der Waals surface area contributed by atoms with E-state index in [2.05, 4.69) is 6.92 Å². The van der Waals surface area contributed by atoms with Gasteiger partial charge in [0.25, 0.3) is 0 Å². The Morgan fingerprint density at radius 3 is 2.50 bits per heavy atom. The molecule has 0 saturated carbocycles. The summed E-state index contributed by atoms with van der Waals surface area (Å²) >= 11 is 0. The number of rotatable bonds is 3. The highest BCUT2D eigenvalue weighted by molar-refractivity contribution is 4.61. The van der Waals surface area contributed by atoms with Crippen molar-refractivity contribution in [3.63, 3.8) is 0 Å². The molecule has 0 rings (SSSR count). The predicted molar refractivity (Wildman–Crippen MR) is 27.0 cm³/mol. The van der Waals surface area contributed by atoms with Crippen LogP contribution in [0.1, 0.15) is 19.3 Å². The lowest BCUT2D eigenvalue weighted by Crippen LogP contribution is -1.62. The molecular weight excluding hydrogens is 72.1 g/mol. The van der Waals surface area contributed by atoms with Gasteiger partial charge >= 0.3 is 0 Å². The van der Waals surface area contributed by atoms with Crippen LogP contribution in [-0.4, -0.2) is 0 Å². The van der Waals surface area contributed by atoms with E-state index in [0.717, 1.165) is 19.3 Å². The van der Waals surface area contributed by atoms with E-state index in [0.29, 0.717) is 0 Å². The maximum Gasteiger partial charge on any atom is -0.0146 e. The predicted octanol–water partition coefficient (Wildman–Crippen LogP) is 1.86. The first kappa shape index (κ1) is 5.74. The first-order valence-electron chi connectivity index (χ1n) is 2.20. The summed E-state index contributed by atoms with van der Waals surface area (Å²) in [4.78, 5) is 0. The van der Waals surface area contributed by atoms with Gasteiger partial charge in [0.05, 0.1) is 0 Å². The Bertz CT molecular complexity index is 29.0. The zero-order valence-corrected chi connectivity index (χ0v) is 3.91. The monoisotopic (exact) mass is 81.1 g/mol. The minimum atomic E-state index is 0.892. The second-order valence-corrected chi connectivity index (χ2v) is 1.20. The molecule has 0 unspecified atom stereocenters. The zero-order chi connectivity index (χ0) is 4.83. The fourth-order valence-corrected chi connectivity index (χ4v) is 0.246. The van der Waals surface area contributed by atoms with E-state index in [1.54, 1.807) is 0 Å². The van der Waals surface area contributed by atoms with E-state index in [-0.39, 0.29) is 0 Å². The van der Waals surface area contributed by atoms with Gasteiger partial charge in [-0.2, -0.15) is 0 Å². The molecule has 0 heterocycles. The fraction of sp³-hybridized carbons (Fsp3) is 0.500. The van der Waals surface area contributed by atoms with E-state index >= 15 is 0 Å². The van der Waals surface area contributed by atoms with E-state index in [1.165, 1.54) is 6.08 Å². The smallest absolute Gasteiger partial charge is 0.0146 e. The Hall–Kier alpha value is -0.260. The average Bonchev–Trinajstić information content (AvgIpc) is 1.61. The van der Waals surface area contributed by atoms with Crippen LogP contribution < -0.4 is 0 Å². The SMILES string of the molecule is [C]=CCCC[CH2]. The molecule has 0 N–H and O–H groups in total. The minimum absolute atomic E-state index is 0.892. The summed E-state index contributed by atoms with van der Waals surface area (Å²) in [7, 11) is 0. The summed E-state index contributed by atoms with van der Waals surface area (Å²) in [5.74, 6) is 0. The van der Waals surface area contributed by atoms with Gasteiger partial charge in [0.15, 0.2) is 0 Å². The van der Waals surface area contributed by atoms with Crippen LogP contribution in [0.3, 0.4) is 0 Å². The van der Waals surface area contributed by atoms with E-state index in [1.807, 2.05) is 0 Å². The van der Waals surface area contributed by atoms with Crippen LogP contribution in [0.4, 0.5) is 0 Å². The molecule has 0 atom stereocenters. The van der Waals surface area contributed by atoms with Crippen molar-refractivity contribution in [1.82, 2.24) is 0 Å². The van der Waals surface area contributed by atoms with Gasteiger partial charge in [-0.1, -0.05) is 19.4 Å². The quantitative estimate of drug-likeness (QED) is 0.455. The highest BCUT2D eigenvalue weighted by Gasteiger charge is 1.71. The molecule has 0 aliphatic rings. The third-order valence-electron chi connectivity index (χ3n) is 0.598. The summed E-state index contributed by atoms with van der Waals surface area (Å²) in [6, 6.07) is 0. The molecule has 0 aliphatic carbocycles. The fourth-order valence-electron chi connectivity index (χ4n) is 0.246. The Morgan fingerprint density at radius 1 is 1.67 bits per heavy atom. The maximum absolute atomic E-state index is 6.55. The van der Waals surface area contributed by atoms with Gasteiger partial charge in [-0.3, -0.25) is 0 Å². The van der Waals surface area contributed by atoms with Crippen LogP contribution >= 0.6 is 0 Å². The molecule has 3 radical (unpaired) electrons. The molecule has 0 aromatic heterocycles. The molecule has 0 bridgehead atoms. The molecule has 0 spiro atoms. The van der Waals surface area contributed by atoms with Gasteiger partial charge in [-0.05, 0) is 19.4 Å². The summed E-state index contributed by atoms with van der Waals surface area (Å²) in [5, 5.41) is 0. The Balaban J connectivity index is 2.49. The van der Waals surface area contributed by atoms with Crippen molar-refractivity contribution in [1.29, 1.82) is 0 Å². The van der Waals surface area contributed by atoms with Gasteiger partial charge in [0.1, 0.15) is 0 Å². The summed E-state index contributed by atoms with van der Waals surface area (Å²) in [5.41, 5.74) is 0. The van der Waals surface area contributed by atoms with Crippen LogP contribution in [-0.2, 0) is 0 Å². The van der Waals surface area contributed by atoms with Crippen molar-refractivity contribution in [2.24, 2.45) is 0 Å². The molecule has 0 aromatic carbocycles. The van der Waals surface area contributed by atoms with Crippen LogP contribution in [0, 0.1) is 13.5 Å². The molecule has 0 nitrogen and oxygen atoms in total. The zero-order valence-electron chi connectivity index (χ0n) is 3.91. The van der Waals surface area contributed by atoms with Crippen molar-refractivity contribution >= 4 is 0 Å². The molecule has 0 aromatic rings. The number of unbranched alkanes of at least 4 members (excludes halogenated alkanes) is 2. The number of allylic oxidation sites excluding steroid dienone is 1. The molecular formula is C6H9. The molecule has 0 heteroatoms. The normalized spacial score (nSPS) is 8.17. The standard InChI is InChI=1S/C6H9/c1-3-5-6-4-2/h4H,1,3,5-6H2. The molecule has 0 amide bonds. The van der Waals surface area contributed by atoms with Crippen molar-refractivity contribution < 1.29 is 0 Å². The van der Waals surface area contributed by atoms with Crippen LogP contribution in [0.2, 0.25) is 0 Å². The summed E-state index contributed by atoms with van der Waals surface area (Å²) in [6.45, 7) is 10.2. The second-order valence-electron chi connectivity index (χ2n) is 1.20.